The number of carbonyl (C=O) groups is 1. The summed E-state index contributed by atoms with van der Waals surface area (Å²) in [7, 11) is 0. The van der Waals surface area contributed by atoms with Crippen LogP contribution in [0.5, 0.6) is 0 Å². The number of benzene rings is 2. The molecule has 5 rings (SSSR count). The summed E-state index contributed by atoms with van der Waals surface area (Å²) < 4.78 is 15.6. The largest absolute Gasteiger partial charge is 0.388 e. The van der Waals surface area contributed by atoms with Gasteiger partial charge in [-0.3, -0.25) is 4.79 Å². The molecule has 1 amide bonds. The molecule has 2 heterocycles. The summed E-state index contributed by atoms with van der Waals surface area (Å²) in [5.74, 6) is -0.413. The Kier molecular flexibility index (Phi) is 3.64. The van der Waals surface area contributed by atoms with Crippen molar-refractivity contribution < 1.29 is 14.3 Å². The maximum absolute atomic E-state index is 14.1. The number of amides is 1. The SMILES string of the molecule is Cc1c(-c2ccc3c(c2)CN(CC2(O)CC2)C3=O)nnn1-c1ccccc1F. The molecule has 1 N–H and O–H groups in total. The zero-order valence-corrected chi connectivity index (χ0v) is 15.4. The predicted molar refractivity (Wildman–Crippen MR) is 100 cm³/mol. The normalized spacial score (nSPS) is 17.1. The van der Waals surface area contributed by atoms with Crippen molar-refractivity contribution in [1.82, 2.24) is 19.9 Å². The van der Waals surface area contributed by atoms with Crippen LogP contribution >= 0.6 is 0 Å². The maximum atomic E-state index is 14.1. The van der Waals surface area contributed by atoms with Gasteiger partial charge in [0.05, 0.1) is 17.8 Å². The van der Waals surface area contributed by atoms with Crippen LogP contribution in [-0.4, -0.2) is 43.1 Å². The van der Waals surface area contributed by atoms with Crippen LogP contribution in [0, 0.1) is 12.7 Å². The van der Waals surface area contributed by atoms with Crippen molar-refractivity contribution in [3.63, 3.8) is 0 Å². The smallest absolute Gasteiger partial charge is 0.254 e. The van der Waals surface area contributed by atoms with E-state index in [1.807, 2.05) is 19.1 Å². The fourth-order valence-electron chi connectivity index (χ4n) is 3.76. The zero-order valence-electron chi connectivity index (χ0n) is 15.4. The third-order valence-electron chi connectivity index (χ3n) is 5.55. The lowest BCUT2D eigenvalue weighted by molar-refractivity contribution is 0.0590. The van der Waals surface area contributed by atoms with Gasteiger partial charge in [-0.05, 0) is 49.6 Å². The van der Waals surface area contributed by atoms with Gasteiger partial charge in [-0.1, -0.05) is 23.4 Å². The first-order valence-corrected chi connectivity index (χ1v) is 9.27. The second-order valence-corrected chi connectivity index (χ2v) is 7.64. The van der Waals surface area contributed by atoms with Gasteiger partial charge in [-0.15, -0.1) is 5.10 Å². The Hall–Kier alpha value is -3.06. The molecule has 1 saturated carbocycles. The number of rotatable bonds is 4. The van der Waals surface area contributed by atoms with Crippen LogP contribution in [0.3, 0.4) is 0 Å². The number of aromatic nitrogens is 3. The molecule has 142 valence electrons. The summed E-state index contributed by atoms with van der Waals surface area (Å²) in [5.41, 5.74) is 3.41. The van der Waals surface area contributed by atoms with Gasteiger partial charge in [0, 0.05) is 17.7 Å². The van der Waals surface area contributed by atoms with Gasteiger partial charge in [0.25, 0.3) is 5.91 Å². The highest BCUT2D eigenvalue weighted by Crippen LogP contribution is 2.38. The molecule has 1 fully saturated rings. The van der Waals surface area contributed by atoms with E-state index in [-0.39, 0.29) is 11.7 Å². The molecule has 0 bridgehead atoms. The number of aliphatic hydroxyl groups is 1. The van der Waals surface area contributed by atoms with Gasteiger partial charge in [-0.2, -0.15) is 0 Å². The molecule has 0 radical (unpaired) electrons. The fraction of sp³-hybridized carbons (Fsp3) is 0.286. The molecule has 6 nitrogen and oxygen atoms in total. The number of hydrogen-bond donors (Lipinski definition) is 1. The van der Waals surface area contributed by atoms with Crippen molar-refractivity contribution in [2.75, 3.05) is 6.54 Å². The Morgan fingerprint density at radius 1 is 1.21 bits per heavy atom. The minimum atomic E-state index is -0.709. The van der Waals surface area contributed by atoms with E-state index in [1.54, 1.807) is 29.2 Å². The first-order chi connectivity index (χ1) is 13.5. The van der Waals surface area contributed by atoms with Crippen molar-refractivity contribution in [1.29, 1.82) is 0 Å². The Labute approximate surface area is 161 Å². The first kappa shape index (κ1) is 17.1. The number of halogens is 1. The molecule has 7 heteroatoms. The minimum absolute atomic E-state index is 0.0476. The second kappa shape index (κ2) is 5.97. The molecule has 1 aromatic heterocycles. The molecule has 2 aliphatic rings. The molecular formula is C21H19FN4O2. The number of carbonyl (C=O) groups excluding carboxylic acids is 1. The van der Waals surface area contributed by atoms with Gasteiger partial charge in [0.2, 0.25) is 0 Å². The first-order valence-electron chi connectivity index (χ1n) is 9.27. The summed E-state index contributed by atoms with van der Waals surface area (Å²) in [5, 5.41) is 18.5. The quantitative estimate of drug-likeness (QED) is 0.758. The highest BCUT2D eigenvalue weighted by atomic mass is 19.1. The molecule has 0 spiro atoms. The highest BCUT2D eigenvalue weighted by molar-refractivity contribution is 5.99. The van der Waals surface area contributed by atoms with Gasteiger partial charge in [0.1, 0.15) is 17.2 Å². The number of fused-ring (bicyclic) bond motifs is 1. The van der Waals surface area contributed by atoms with Crippen LogP contribution in [0.25, 0.3) is 16.9 Å². The van der Waals surface area contributed by atoms with E-state index >= 15 is 0 Å². The average molecular weight is 378 g/mol. The Balaban J connectivity index is 1.47. The molecule has 28 heavy (non-hydrogen) atoms. The Morgan fingerprint density at radius 2 is 2.00 bits per heavy atom. The topological polar surface area (TPSA) is 71.2 Å². The van der Waals surface area contributed by atoms with Crippen LogP contribution in [0.15, 0.2) is 42.5 Å². The lowest BCUT2D eigenvalue weighted by atomic mass is 10.0. The van der Waals surface area contributed by atoms with Crippen molar-refractivity contribution in [2.24, 2.45) is 0 Å². The number of β-amino-alcohol motifs (C(OH)–C–C–N with tert-alkyl or cyclic N) is 1. The summed E-state index contributed by atoms with van der Waals surface area (Å²) in [6, 6.07) is 12.0. The fourth-order valence-corrected chi connectivity index (χ4v) is 3.76. The molecular weight excluding hydrogens is 359 g/mol. The third kappa shape index (κ3) is 2.70. The summed E-state index contributed by atoms with van der Waals surface area (Å²) in [6.07, 6.45) is 1.49. The second-order valence-electron chi connectivity index (χ2n) is 7.64. The van der Waals surface area contributed by atoms with E-state index in [0.717, 1.165) is 29.7 Å². The van der Waals surface area contributed by atoms with Gasteiger partial charge in [0.15, 0.2) is 0 Å². The van der Waals surface area contributed by atoms with Crippen LogP contribution in [0.4, 0.5) is 4.39 Å². The van der Waals surface area contributed by atoms with Gasteiger partial charge >= 0.3 is 0 Å². The summed E-state index contributed by atoms with van der Waals surface area (Å²) in [6.45, 7) is 2.69. The van der Waals surface area contributed by atoms with Gasteiger partial charge < -0.3 is 10.0 Å². The van der Waals surface area contributed by atoms with E-state index < -0.39 is 5.60 Å². The number of para-hydroxylation sites is 1. The average Bonchev–Trinajstić information content (AvgIpc) is 3.16. The van der Waals surface area contributed by atoms with Crippen molar-refractivity contribution in [3.05, 3.63) is 65.1 Å². The number of nitrogens with zero attached hydrogens (tertiary/aromatic N) is 4. The van der Waals surface area contributed by atoms with E-state index in [1.165, 1.54) is 10.7 Å². The van der Waals surface area contributed by atoms with Crippen LogP contribution in [-0.2, 0) is 6.54 Å². The highest BCUT2D eigenvalue weighted by Gasteiger charge is 2.44. The summed E-state index contributed by atoms with van der Waals surface area (Å²) >= 11 is 0. The zero-order chi connectivity index (χ0) is 19.5. The van der Waals surface area contributed by atoms with Crippen molar-refractivity contribution >= 4 is 5.91 Å². The molecule has 1 aliphatic heterocycles. The lowest BCUT2D eigenvalue weighted by Gasteiger charge is -2.19. The van der Waals surface area contributed by atoms with Crippen molar-refractivity contribution in [2.45, 2.75) is 31.9 Å². The number of hydrogen-bond acceptors (Lipinski definition) is 4. The van der Waals surface area contributed by atoms with Crippen LogP contribution in [0.2, 0.25) is 0 Å². The molecule has 3 aromatic rings. The Morgan fingerprint density at radius 3 is 2.75 bits per heavy atom. The predicted octanol–water partition coefficient (Wildman–Crippen LogP) is 2.86. The Bertz CT molecular complexity index is 1100. The summed E-state index contributed by atoms with van der Waals surface area (Å²) in [4.78, 5) is 14.3. The lowest BCUT2D eigenvalue weighted by Crippen LogP contribution is -2.33. The molecule has 0 saturated heterocycles. The molecule has 0 atom stereocenters. The monoisotopic (exact) mass is 378 g/mol. The van der Waals surface area contributed by atoms with E-state index in [0.29, 0.717) is 30.0 Å². The van der Waals surface area contributed by atoms with E-state index in [9.17, 15) is 14.3 Å². The molecule has 0 unspecified atom stereocenters. The van der Waals surface area contributed by atoms with Crippen LogP contribution in [0.1, 0.15) is 34.5 Å². The molecule has 2 aromatic carbocycles. The van der Waals surface area contributed by atoms with Crippen molar-refractivity contribution in [3.8, 4) is 16.9 Å². The van der Waals surface area contributed by atoms with E-state index in [2.05, 4.69) is 10.3 Å². The minimum Gasteiger partial charge on any atom is -0.388 e. The van der Waals surface area contributed by atoms with E-state index in [4.69, 9.17) is 0 Å². The third-order valence-corrected chi connectivity index (χ3v) is 5.55. The maximum Gasteiger partial charge on any atom is 0.254 e. The molecule has 1 aliphatic carbocycles. The van der Waals surface area contributed by atoms with Crippen LogP contribution < -0.4 is 0 Å². The standard InChI is InChI=1S/C21H19FN4O2/c1-13-19(23-24-26(13)18-5-3-2-4-17(18)22)14-6-7-16-15(10-14)11-25(20(16)27)12-21(28)8-9-21/h2-7,10,28H,8-9,11-12H2,1H3. The van der Waals surface area contributed by atoms with Gasteiger partial charge in [-0.25, -0.2) is 9.07 Å².